The number of carbonyl (C=O) groups is 2. The zero-order valence-electron chi connectivity index (χ0n) is 22.7. The van der Waals surface area contributed by atoms with Gasteiger partial charge in [-0.1, -0.05) is 16.8 Å². The number of benzene rings is 1. The van der Waals surface area contributed by atoms with E-state index in [1.807, 2.05) is 12.1 Å². The van der Waals surface area contributed by atoms with Crippen molar-refractivity contribution >= 4 is 46.4 Å². The molecule has 2 fully saturated rings. The molecule has 15 heteroatoms. The predicted molar refractivity (Wildman–Crippen MR) is 155 cm³/mol. The first-order valence-electron chi connectivity index (χ1n) is 13.5. The van der Waals surface area contributed by atoms with E-state index in [2.05, 4.69) is 52.7 Å². The fraction of sp³-hybridized carbons (Fsp3) is 0.462. The summed E-state index contributed by atoms with van der Waals surface area (Å²) < 4.78 is 6.87. The van der Waals surface area contributed by atoms with Crippen molar-refractivity contribution in [2.45, 2.75) is 6.42 Å². The lowest BCUT2D eigenvalue weighted by atomic mass is 10.1. The molecule has 0 saturated carbocycles. The third-order valence-electron chi connectivity index (χ3n) is 7.06. The number of halogens is 2. The molecule has 2 aliphatic rings. The van der Waals surface area contributed by atoms with Gasteiger partial charge >= 0.3 is 0 Å². The molecule has 0 unspecified atom stereocenters. The molecule has 0 radical (unpaired) electrons. The van der Waals surface area contributed by atoms with Gasteiger partial charge in [-0.05, 0) is 49.8 Å². The van der Waals surface area contributed by atoms with E-state index < -0.39 is 5.91 Å². The summed E-state index contributed by atoms with van der Waals surface area (Å²) in [5, 5.41) is 14.0. The molecule has 2 aliphatic heterocycles. The minimum absolute atomic E-state index is 0.0447. The van der Waals surface area contributed by atoms with Gasteiger partial charge in [-0.2, -0.15) is 0 Å². The van der Waals surface area contributed by atoms with Gasteiger partial charge in [0.25, 0.3) is 11.8 Å². The van der Waals surface area contributed by atoms with Crippen LogP contribution in [0.5, 0.6) is 0 Å². The van der Waals surface area contributed by atoms with Gasteiger partial charge in [0.15, 0.2) is 5.69 Å². The number of ether oxygens (including phenoxy) is 1. The zero-order chi connectivity index (χ0) is 28.8. The van der Waals surface area contributed by atoms with Crippen LogP contribution in [0.2, 0.25) is 10.4 Å². The van der Waals surface area contributed by atoms with Gasteiger partial charge in [0.1, 0.15) is 5.15 Å². The zero-order valence-corrected chi connectivity index (χ0v) is 24.2. The molecule has 2 amide bonds. The van der Waals surface area contributed by atoms with Gasteiger partial charge in [0.2, 0.25) is 5.28 Å². The monoisotopic (exact) mass is 602 g/mol. The van der Waals surface area contributed by atoms with Gasteiger partial charge in [-0.25, -0.2) is 14.6 Å². The Balaban J connectivity index is 1.30. The molecule has 4 heterocycles. The number of nitrogens with zero attached hydrogens (tertiary/aromatic N) is 8. The lowest BCUT2D eigenvalue weighted by Crippen LogP contribution is -2.44. The summed E-state index contributed by atoms with van der Waals surface area (Å²) in [4.78, 5) is 40.4. The third-order valence-corrected chi connectivity index (χ3v) is 7.53. The van der Waals surface area contributed by atoms with Crippen LogP contribution in [0.4, 0.5) is 11.4 Å². The molecular weight excluding hydrogens is 571 g/mol. The second kappa shape index (κ2) is 13.5. The SMILES string of the molecule is CN1CCN(c2ccc(-n3cc(C(=O)NCCCN4CCOCC4)nn3)cc2NC(=O)c2cnc(Cl)nc2Cl)CC1. The van der Waals surface area contributed by atoms with E-state index in [9.17, 15) is 9.59 Å². The molecule has 2 aromatic heterocycles. The Morgan fingerprint density at radius 2 is 1.83 bits per heavy atom. The fourth-order valence-electron chi connectivity index (χ4n) is 4.69. The lowest BCUT2D eigenvalue weighted by Gasteiger charge is -2.35. The van der Waals surface area contributed by atoms with Gasteiger partial charge in [-0.15, -0.1) is 5.10 Å². The highest BCUT2D eigenvalue weighted by Crippen LogP contribution is 2.30. The molecule has 0 bridgehead atoms. The van der Waals surface area contributed by atoms with Crippen molar-refractivity contribution in [2.24, 2.45) is 0 Å². The van der Waals surface area contributed by atoms with Crippen molar-refractivity contribution in [1.29, 1.82) is 0 Å². The summed E-state index contributed by atoms with van der Waals surface area (Å²) >= 11 is 12.0. The first-order valence-corrected chi connectivity index (χ1v) is 14.2. The molecule has 0 aliphatic carbocycles. The topological polar surface area (TPSA) is 134 Å². The number of morpholine rings is 1. The standard InChI is InChI=1S/C26H32Cl2N10O3/c1-35-7-9-37(10-8-35)22-4-3-18(15-20(22)31-24(39)19-16-30-26(28)32-23(19)27)38-17-21(33-34-38)25(40)29-5-2-6-36-11-13-41-14-12-36/h3-4,15-17H,2,5-14H2,1H3,(H,29,40)(H,31,39). The van der Waals surface area contributed by atoms with Crippen molar-refractivity contribution in [1.82, 2.24) is 40.1 Å². The quantitative estimate of drug-likeness (QED) is 0.212. The number of anilines is 2. The summed E-state index contributed by atoms with van der Waals surface area (Å²) in [6.45, 7) is 8.14. The minimum Gasteiger partial charge on any atom is -0.379 e. The highest BCUT2D eigenvalue weighted by molar-refractivity contribution is 6.34. The molecule has 0 spiro atoms. The maximum absolute atomic E-state index is 13.2. The van der Waals surface area contributed by atoms with Crippen LogP contribution in [0.3, 0.4) is 0 Å². The maximum Gasteiger partial charge on any atom is 0.273 e. The first kappa shape index (κ1) is 29.1. The number of nitrogens with one attached hydrogen (secondary N) is 2. The van der Waals surface area contributed by atoms with Crippen molar-refractivity contribution in [3.05, 3.63) is 52.3 Å². The molecular formula is C26H32Cl2N10O3. The van der Waals surface area contributed by atoms with Crippen LogP contribution in [0.25, 0.3) is 5.69 Å². The van der Waals surface area contributed by atoms with Crippen LogP contribution in [-0.2, 0) is 4.74 Å². The number of aromatic nitrogens is 5. The Hall–Kier alpha value is -3.36. The van der Waals surface area contributed by atoms with Crippen LogP contribution >= 0.6 is 23.2 Å². The number of amides is 2. The smallest absolute Gasteiger partial charge is 0.273 e. The number of carbonyl (C=O) groups excluding carboxylic acids is 2. The summed E-state index contributed by atoms with van der Waals surface area (Å²) in [6.07, 6.45) is 3.69. The third kappa shape index (κ3) is 7.49. The molecule has 0 atom stereocenters. The normalized spacial score (nSPS) is 16.5. The molecule has 1 aromatic carbocycles. The first-order chi connectivity index (χ1) is 19.9. The molecule has 2 saturated heterocycles. The van der Waals surface area contributed by atoms with Crippen LogP contribution < -0.4 is 15.5 Å². The molecule has 218 valence electrons. The summed E-state index contributed by atoms with van der Waals surface area (Å²) in [5.74, 6) is -0.770. The van der Waals surface area contributed by atoms with E-state index >= 15 is 0 Å². The van der Waals surface area contributed by atoms with E-state index in [-0.39, 0.29) is 27.6 Å². The largest absolute Gasteiger partial charge is 0.379 e. The minimum atomic E-state index is -0.477. The van der Waals surface area contributed by atoms with Gasteiger partial charge in [0.05, 0.1) is 42.0 Å². The van der Waals surface area contributed by atoms with Gasteiger partial charge in [-0.3, -0.25) is 14.5 Å². The van der Waals surface area contributed by atoms with Gasteiger partial charge in [0, 0.05) is 52.0 Å². The predicted octanol–water partition coefficient (Wildman–Crippen LogP) is 1.82. The number of hydrogen-bond donors (Lipinski definition) is 2. The van der Waals surface area contributed by atoms with Crippen LogP contribution in [-0.4, -0.2) is 119 Å². The Bertz CT molecular complexity index is 1370. The van der Waals surface area contributed by atoms with Crippen molar-refractivity contribution < 1.29 is 14.3 Å². The summed E-state index contributed by atoms with van der Waals surface area (Å²) in [6, 6.07) is 5.58. The molecule has 2 N–H and O–H groups in total. The van der Waals surface area contributed by atoms with Crippen molar-refractivity contribution in [3.8, 4) is 5.69 Å². The van der Waals surface area contributed by atoms with E-state index in [1.54, 1.807) is 12.3 Å². The van der Waals surface area contributed by atoms with Crippen molar-refractivity contribution in [3.63, 3.8) is 0 Å². The van der Waals surface area contributed by atoms with E-state index in [1.165, 1.54) is 10.9 Å². The van der Waals surface area contributed by atoms with E-state index in [0.717, 1.165) is 71.1 Å². The van der Waals surface area contributed by atoms with E-state index in [4.69, 9.17) is 27.9 Å². The number of hydrogen-bond acceptors (Lipinski definition) is 10. The van der Waals surface area contributed by atoms with Crippen LogP contribution in [0.15, 0.2) is 30.6 Å². The molecule has 3 aromatic rings. The van der Waals surface area contributed by atoms with Crippen LogP contribution in [0.1, 0.15) is 27.3 Å². The molecule has 5 rings (SSSR count). The Kier molecular flexibility index (Phi) is 9.62. The second-order valence-electron chi connectivity index (χ2n) is 9.90. The van der Waals surface area contributed by atoms with E-state index in [0.29, 0.717) is 17.9 Å². The highest BCUT2D eigenvalue weighted by atomic mass is 35.5. The number of likely N-dealkylation sites (N-methyl/N-ethyl adjacent to an activating group) is 1. The summed E-state index contributed by atoms with van der Waals surface area (Å²) in [7, 11) is 2.08. The fourth-order valence-corrected chi connectivity index (χ4v) is 5.08. The second-order valence-corrected chi connectivity index (χ2v) is 10.6. The highest BCUT2D eigenvalue weighted by Gasteiger charge is 2.21. The number of piperazine rings is 1. The van der Waals surface area contributed by atoms with Crippen molar-refractivity contribution in [2.75, 3.05) is 82.8 Å². The van der Waals surface area contributed by atoms with Crippen LogP contribution in [0, 0.1) is 0 Å². The lowest BCUT2D eigenvalue weighted by molar-refractivity contribution is 0.0374. The average molecular weight is 604 g/mol. The Morgan fingerprint density at radius 1 is 1.05 bits per heavy atom. The maximum atomic E-state index is 13.2. The summed E-state index contributed by atoms with van der Waals surface area (Å²) in [5.41, 5.74) is 2.32. The molecule has 41 heavy (non-hydrogen) atoms. The number of rotatable bonds is 9. The Labute approximate surface area is 247 Å². The average Bonchev–Trinajstić information content (AvgIpc) is 3.47. The Morgan fingerprint density at radius 3 is 2.59 bits per heavy atom. The molecule has 13 nitrogen and oxygen atoms in total. The van der Waals surface area contributed by atoms with Gasteiger partial charge < -0.3 is 25.2 Å².